The summed E-state index contributed by atoms with van der Waals surface area (Å²) in [5.41, 5.74) is 0.410. The van der Waals surface area contributed by atoms with Gasteiger partial charge in [-0.15, -0.1) is 5.11 Å². The molecule has 0 aliphatic heterocycles. The molecule has 0 fully saturated rings. The molecular formula is C14H26N6O. The van der Waals surface area contributed by atoms with Crippen molar-refractivity contribution in [3.8, 4) is 0 Å². The Balaban J connectivity index is 2.84. The molecule has 0 unspecified atom stereocenters. The lowest BCUT2D eigenvalue weighted by Crippen LogP contribution is -2.33. The zero-order valence-electron chi connectivity index (χ0n) is 13.5. The molecule has 1 rings (SSSR count). The zero-order chi connectivity index (χ0) is 15.7. The SMILES string of the molecule is CCCCN(CCCC)C(=O)c1[nH]cnc1N=NN(C)C. The van der Waals surface area contributed by atoms with E-state index in [0.717, 1.165) is 38.8 Å². The molecule has 0 atom stereocenters. The van der Waals surface area contributed by atoms with Crippen LogP contribution in [0.4, 0.5) is 5.82 Å². The molecule has 0 saturated heterocycles. The predicted molar refractivity (Wildman–Crippen MR) is 82.5 cm³/mol. The Morgan fingerprint density at radius 2 is 1.86 bits per heavy atom. The van der Waals surface area contributed by atoms with Gasteiger partial charge < -0.3 is 9.88 Å². The molecular weight excluding hydrogens is 268 g/mol. The fourth-order valence-electron chi connectivity index (χ4n) is 1.82. The van der Waals surface area contributed by atoms with Gasteiger partial charge in [0.25, 0.3) is 5.91 Å². The highest BCUT2D eigenvalue weighted by atomic mass is 16.2. The number of H-pyrrole nitrogens is 1. The van der Waals surface area contributed by atoms with Crippen LogP contribution in [0.3, 0.4) is 0 Å². The van der Waals surface area contributed by atoms with Crippen LogP contribution < -0.4 is 0 Å². The van der Waals surface area contributed by atoms with Gasteiger partial charge in [0.05, 0.1) is 6.33 Å². The predicted octanol–water partition coefficient (Wildman–Crippen LogP) is 3.01. The summed E-state index contributed by atoms with van der Waals surface area (Å²) < 4.78 is 0. The average molecular weight is 294 g/mol. The van der Waals surface area contributed by atoms with Crippen molar-refractivity contribution in [1.82, 2.24) is 19.9 Å². The van der Waals surface area contributed by atoms with Gasteiger partial charge in [0, 0.05) is 27.2 Å². The van der Waals surface area contributed by atoms with E-state index in [-0.39, 0.29) is 5.91 Å². The number of rotatable bonds is 9. The first-order valence-corrected chi connectivity index (χ1v) is 7.51. The van der Waals surface area contributed by atoms with Gasteiger partial charge in [-0.05, 0) is 12.8 Å². The van der Waals surface area contributed by atoms with Crippen molar-refractivity contribution in [3.63, 3.8) is 0 Å². The maximum atomic E-state index is 12.6. The Labute approximate surface area is 126 Å². The van der Waals surface area contributed by atoms with Crippen molar-refractivity contribution < 1.29 is 4.79 Å². The Hall–Kier alpha value is -1.92. The van der Waals surface area contributed by atoms with E-state index >= 15 is 0 Å². The second-order valence-corrected chi connectivity index (χ2v) is 5.14. The summed E-state index contributed by atoms with van der Waals surface area (Å²) in [6.45, 7) is 5.77. The molecule has 7 nitrogen and oxygen atoms in total. The molecule has 0 spiro atoms. The van der Waals surface area contributed by atoms with Crippen molar-refractivity contribution in [2.75, 3.05) is 27.2 Å². The molecule has 1 N–H and O–H groups in total. The first-order valence-electron chi connectivity index (χ1n) is 7.51. The van der Waals surface area contributed by atoms with E-state index in [2.05, 4.69) is 34.2 Å². The minimum Gasteiger partial charge on any atom is -0.339 e. The van der Waals surface area contributed by atoms with Gasteiger partial charge in [-0.25, -0.2) is 4.98 Å². The van der Waals surface area contributed by atoms with Crippen molar-refractivity contribution >= 4 is 11.7 Å². The second-order valence-electron chi connectivity index (χ2n) is 5.14. The first kappa shape index (κ1) is 17.1. The fraction of sp³-hybridized carbons (Fsp3) is 0.714. The highest BCUT2D eigenvalue weighted by molar-refractivity contribution is 5.96. The fourth-order valence-corrected chi connectivity index (χ4v) is 1.82. The van der Waals surface area contributed by atoms with Crippen molar-refractivity contribution in [1.29, 1.82) is 0 Å². The van der Waals surface area contributed by atoms with Crippen molar-refractivity contribution in [3.05, 3.63) is 12.0 Å². The summed E-state index contributed by atoms with van der Waals surface area (Å²) >= 11 is 0. The third-order valence-electron chi connectivity index (χ3n) is 3.00. The lowest BCUT2D eigenvalue weighted by molar-refractivity contribution is 0.0746. The topological polar surface area (TPSA) is 77.0 Å². The number of nitrogens with zero attached hydrogens (tertiary/aromatic N) is 5. The highest BCUT2D eigenvalue weighted by Gasteiger charge is 2.20. The van der Waals surface area contributed by atoms with Crippen LogP contribution in [0, 0.1) is 0 Å². The summed E-state index contributed by atoms with van der Waals surface area (Å²) in [5, 5.41) is 9.45. The van der Waals surface area contributed by atoms with Crippen molar-refractivity contribution in [2.45, 2.75) is 39.5 Å². The average Bonchev–Trinajstić information content (AvgIpc) is 2.93. The van der Waals surface area contributed by atoms with Crippen LogP contribution in [0.2, 0.25) is 0 Å². The molecule has 118 valence electrons. The molecule has 0 aliphatic rings. The van der Waals surface area contributed by atoms with Gasteiger partial charge in [0.15, 0.2) is 5.69 Å². The molecule has 0 aliphatic carbocycles. The molecule has 21 heavy (non-hydrogen) atoms. The van der Waals surface area contributed by atoms with Crippen LogP contribution in [0.1, 0.15) is 50.0 Å². The number of nitrogens with one attached hydrogen (secondary N) is 1. The molecule has 0 bridgehead atoms. The van der Waals surface area contributed by atoms with E-state index in [4.69, 9.17) is 0 Å². The number of aromatic amines is 1. The summed E-state index contributed by atoms with van der Waals surface area (Å²) in [6, 6.07) is 0. The smallest absolute Gasteiger partial charge is 0.274 e. The third kappa shape index (κ3) is 5.53. The normalized spacial score (nSPS) is 11.0. The lowest BCUT2D eigenvalue weighted by atomic mass is 10.2. The Morgan fingerprint density at radius 1 is 1.24 bits per heavy atom. The lowest BCUT2D eigenvalue weighted by Gasteiger charge is -2.21. The Kier molecular flexibility index (Phi) is 7.42. The maximum Gasteiger partial charge on any atom is 0.274 e. The van der Waals surface area contributed by atoms with E-state index < -0.39 is 0 Å². The van der Waals surface area contributed by atoms with E-state index in [1.165, 1.54) is 6.33 Å². The minimum atomic E-state index is -0.0536. The molecule has 1 heterocycles. The quantitative estimate of drug-likeness (QED) is 0.562. The van der Waals surface area contributed by atoms with Crippen LogP contribution in [0.5, 0.6) is 0 Å². The van der Waals surface area contributed by atoms with Gasteiger partial charge >= 0.3 is 0 Å². The standard InChI is InChI=1S/C14H26N6O/c1-5-7-9-20(10-8-6-2)14(21)12-13(16-11-15-12)17-18-19(3)4/h11H,5-10H2,1-4H3,(H,15,16). The van der Waals surface area contributed by atoms with Gasteiger partial charge in [0.2, 0.25) is 5.82 Å². The maximum absolute atomic E-state index is 12.6. The number of amides is 1. The van der Waals surface area contributed by atoms with Crippen LogP contribution in [-0.4, -0.2) is 53.0 Å². The monoisotopic (exact) mass is 294 g/mol. The summed E-state index contributed by atoms with van der Waals surface area (Å²) in [4.78, 5) is 21.4. The van der Waals surface area contributed by atoms with E-state index in [9.17, 15) is 4.79 Å². The molecule has 1 aromatic rings. The number of unbranched alkanes of at least 4 members (excludes halogenated alkanes) is 2. The van der Waals surface area contributed by atoms with Gasteiger partial charge in [-0.3, -0.25) is 9.80 Å². The van der Waals surface area contributed by atoms with Crippen LogP contribution >= 0.6 is 0 Å². The van der Waals surface area contributed by atoms with E-state index in [1.54, 1.807) is 19.1 Å². The minimum absolute atomic E-state index is 0.0536. The Morgan fingerprint density at radius 3 is 2.38 bits per heavy atom. The number of aromatic nitrogens is 2. The first-order chi connectivity index (χ1) is 10.1. The molecule has 0 saturated carbocycles. The van der Waals surface area contributed by atoms with Gasteiger partial charge in [-0.2, -0.15) is 0 Å². The second kappa shape index (κ2) is 9.10. The summed E-state index contributed by atoms with van der Waals surface area (Å²) in [5.74, 6) is 0.286. The molecule has 7 heteroatoms. The Bertz CT molecular complexity index is 446. The van der Waals surface area contributed by atoms with Crippen molar-refractivity contribution in [2.24, 2.45) is 10.3 Å². The zero-order valence-corrected chi connectivity index (χ0v) is 13.5. The molecule has 1 amide bonds. The van der Waals surface area contributed by atoms with E-state index in [0.29, 0.717) is 11.5 Å². The molecule has 0 aromatic carbocycles. The van der Waals surface area contributed by atoms with Crippen LogP contribution in [-0.2, 0) is 0 Å². The number of carbonyl (C=O) groups excluding carboxylic acids is 1. The van der Waals surface area contributed by atoms with Gasteiger partial charge in [-0.1, -0.05) is 31.9 Å². The van der Waals surface area contributed by atoms with E-state index in [1.807, 2.05) is 4.90 Å². The number of hydrogen-bond donors (Lipinski definition) is 1. The highest BCUT2D eigenvalue weighted by Crippen LogP contribution is 2.17. The molecule has 0 radical (unpaired) electrons. The van der Waals surface area contributed by atoms with Crippen LogP contribution in [0.25, 0.3) is 0 Å². The summed E-state index contributed by atoms with van der Waals surface area (Å²) in [6.07, 6.45) is 5.60. The number of carbonyl (C=O) groups is 1. The third-order valence-corrected chi connectivity index (χ3v) is 3.00. The van der Waals surface area contributed by atoms with Crippen LogP contribution in [0.15, 0.2) is 16.7 Å². The number of imidazole rings is 1. The van der Waals surface area contributed by atoms with Gasteiger partial charge in [0.1, 0.15) is 0 Å². The molecule has 1 aromatic heterocycles. The summed E-state index contributed by atoms with van der Waals surface area (Å²) in [7, 11) is 3.54. The largest absolute Gasteiger partial charge is 0.339 e. The number of hydrogen-bond acceptors (Lipinski definition) is 4.